The van der Waals surface area contributed by atoms with E-state index in [9.17, 15) is 18.3 Å². The second kappa shape index (κ2) is 4.94. The fourth-order valence-electron chi connectivity index (χ4n) is 1.17. The first kappa shape index (κ1) is 12.4. The molecule has 1 aromatic heterocycles. The van der Waals surface area contributed by atoms with Crippen LogP contribution in [0.2, 0.25) is 0 Å². The molecule has 0 saturated carbocycles. The van der Waals surface area contributed by atoms with E-state index >= 15 is 0 Å². The summed E-state index contributed by atoms with van der Waals surface area (Å²) in [5, 5.41) is 10.3. The van der Waals surface area contributed by atoms with Crippen LogP contribution >= 0.6 is 11.3 Å². The van der Waals surface area contributed by atoms with Gasteiger partial charge in [0, 0.05) is 12.6 Å². The molecule has 6 heteroatoms. The number of rotatable bonds is 4. The van der Waals surface area contributed by atoms with E-state index in [4.69, 9.17) is 0 Å². The number of halogens is 3. The Bertz CT molecular complexity index is 311. The summed E-state index contributed by atoms with van der Waals surface area (Å²) < 4.78 is 35.5. The van der Waals surface area contributed by atoms with Gasteiger partial charge >= 0.3 is 6.18 Å². The van der Waals surface area contributed by atoms with Gasteiger partial charge < -0.3 is 5.11 Å². The number of aliphatic hydroxyl groups is 1. The molecule has 1 atom stereocenters. The van der Waals surface area contributed by atoms with Gasteiger partial charge in [-0.1, -0.05) is 0 Å². The highest BCUT2D eigenvalue weighted by molar-refractivity contribution is 7.11. The van der Waals surface area contributed by atoms with Gasteiger partial charge in [0.15, 0.2) is 0 Å². The van der Waals surface area contributed by atoms with E-state index in [1.807, 2.05) is 0 Å². The van der Waals surface area contributed by atoms with Gasteiger partial charge in [-0.05, 0) is 19.8 Å². The van der Waals surface area contributed by atoms with Gasteiger partial charge in [-0.2, -0.15) is 13.2 Å². The average Bonchev–Trinajstić information content (AvgIpc) is 2.49. The summed E-state index contributed by atoms with van der Waals surface area (Å²) in [4.78, 5) is 4.56. The molecule has 0 aliphatic heterocycles. The number of aliphatic hydroxyl groups excluding tert-OH is 1. The molecule has 1 N–H and O–H groups in total. The Morgan fingerprint density at radius 2 is 2.20 bits per heavy atom. The number of hydrogen-bond donors (Lipinski definition) is 1. The lowest BCUT2D eigenvalue weighted by Crippen LogP contribution is -2.07. The van der Waals surface area contributed by atoms with Gasteiger partial charge in [-0.15, -0.1) is 11.3 Å². The molecule has 15 heavy (non-hydrogen) atoms. The number of hydrogen-bond acceptors (Lipinski definition) is 3. The van der Waals surface area contributed by atoms with E-state index < -0.39 is 18.7 Å². The molecule has 0 saturated heterocycles. The normalized spacial score (nSPS) is 14.2. The van der Waals surface area contributed by atoms with E-state index in [2.05, 4.69) is 4.98 Å². The average molecular weight is 239 g/mol. The Morgan fingerprint density at radius 3 is 2.67 bits per heavy atom. The Labute approximate surface area is 89.8 Å². The van der Waals surface area contributed by atoms with Crippen molar-refractivity contribution in [2.75, 3.05) is 0 Å². The van der Waals surface area contributed by atoms with Crippen LogP contribution in [0.5, 0.6) is 0 Å². The number of alkyl halides is 3. The van der Waals surface area contributed by atoms with Crippen LogP contribution in [0.4, 0.5) is 13.2 Å². The summed E-state index contributed by atoms with van der Waals surface area (Å²) in [6.45, 7) is 1.79. The molecule has 0 aromatic carbocycles. The van der Waals surface area contributed by atoms with Crippen molar-refractivity contribution >= 4 is 11.3 Å². The number of thiazole rings is 1. The van der Waals surface area contributed by atoms with Crippen molar-refractivity contribution in [2.45, 2.75) is 38.5 Å². The van der Waals surface area contributed by atoms with E-state index in [0.29, 0.717) is 4.88 Å². The van der Waals surface area contributed by atoms with Crippen LogP contribution in [-0.4, -0.2) is 16.3 Å². The zero-order chi connectivity index (χ0) is 11.5. The quantitative estimate of drug-likeness (QED) is 0.875. The van der Waals surface area contributed by atoms with Gasteiger partial charge in [0.05, 0.1) is 16.0 Å². The SMILES string of the molecule is Cc1ncc(C(O)CCCC(F)(F)F)s1. The Balaban J connectivity index is 2.34. The second-order valence-electron chi connectivity index (χ2n) is 3.30. The molecular weight excluding hydrogens is 227 g/mol. The molecule has 0 spiro atoms. The van der Waals surface area contributed by atoms with Gasteiger partial charge in [-0.25, -0.2) is 4.98 Å². The fourth-order valence-corrected chi connectivity index (χ4v) is 1.98. The highest BCUT2D eigenvalue weighted by Gasteiger charge is 2.26. The van der Waals surface area contributed by atoms with Crippen molar-refractivity contribution < 1.29 is 18.3 Å². The third kappa shape index (κ3) is 4.61. The standard InChI is InChI=1S/C9H12F3NOS/c1-6-13-5-8(15-6)7(14)3-2-4-9(10,11)12/h5,7,14H,2-4H2,1H3. The zero-order valence-corrected chi connectivity index (χ0v) is 9.03. The summed E-state index contributed by atoms with van der Waals surface area (Å²) in [6.07, 6.45) is -4.22. The lowest BCUT2D eigenvalue weighted by atomic mass is 10.1. The highest BCUT2D eigenvalue weighted by Crippen LogP contribution is 2.28. The summed E-state index contributed by atoms with van der Waals surface area (Å²) in [5.74, 6) is 0. The molecule has 1 aromatic rings. The minimum atomic E-state index is -4.14. The van der Waals surface area contributed by atoms with Crippen molar-refractivity contribution in [3.63, 3.8) is 0 Å². The van der Waals surface area contributed by atoms with E-state index in [1.165, 1.54) is 17.5 Å². The van der Waals surface area contributed by atoms with Crippen LogP contribution in [0.15, 0.2) is 6.20 Å². The molecular formula is C9H12F3NOS. The Hall–Kier alpha value is -0.620. The summed E-state index contributed by atoms with van der Waals surface area (Å²) in [5.41, 5.74) is 0. The smallest absolute Gasteiger partial charge is 0.388 e. The minimum Gasteiger partial charge on any atom is -0.388 e. The van der Waals surface area contributed by atoms with Crippen LogP contribution in [0, 0.1) is 6.92 Å². The maximum atomic E-state index is 11.8. The summed E-state index contributed by atoms with van der Waals surface area (Å²) in [6, 6.07) is 0. The molecule has 0 aliphatic carbocycles. The number of nitrogens with zero attached hydrogens (tertiary/aromatic N) is 1. The van der Waals surface area contributed by atoms with Crippen LogP contribution < -0.4 is 0 Å². The minimum absolute atomic E-state index is 0.0540. The third-order valence-corrected chi connectivity index (χ3v) is 2.92. The third-order valence-electron chi connectivity index (χ3n) is 1.91. The molecule has 1 heterocycles. The summed E-state index contributed by atoms with van der Waals surface area (Å²) >= 11 is 1.31. The van der Waals surface area contributed by atoms with Gasteiger partial charge in [0.2, 0.25) is 0 Å². The first-order valence-corrected chi connectivity index (χ1v) is 5.37. The van der Waals surface area contributed by atoms with E-state index in [1.54, 1.807) is 6.92 Å². The molecule has 1 unspecified atom stereocenters. The van der Waals surface area contributed by atoms with Gasteiger partial charge in [0.1, 0.15) is 0 Å². The lowest BCUT2D eigenvalue weighted by molar-refractivity contribution is -0.136. The highest BCUT2D eigenvalue weighted by atomic mass is 32.1. The number of aromatic nitrogens is 1. The first-order valence-electron chi connectivity index (χ1n) is 4.55. The molecule has 1 rings (SSSR count). The topological polar surface area (TPSA) is 33.1 Å². The second-order valence-corrected chi connectivity index (χ2v) is 4.57. The molecule has 0 fully saturated rings. The zero-order valence-electron chi connectivity index (χ0n) is 8.21. The summed E-state index contributed by atoms with van der Waals surface area (Å²) in [7, 11) is 0. The predicted octanol–water partition coefficient (Wildman–Crippen LogP) is 3.22. The molecule has 0 amide bonds. The molecule has 2 nitrogen and oxygen atoms in total. The van der Waals surface area contributed by atoms with Crippen LogP contribution in [0.3, 0.4) is 0 Å². The van der Waals surface area contributed by atoms with Crippen molar-refractivity contribution in [3.05, 3.63) is 16.1 Å². The molecule has 0 bridgehead atoms. The Kier molecular flexibility index (Phi) is 4.10. The molecule has 0 radical (unpaired) electrons. The fraction of sp³-hybridized carbons (Fsp3) is 0.667. The van der Waals surface area contributed by atoms with E-state index in [0.717, 1.165) is 5.01 Å². The van der Waals surface area contributed by atoms with Crippen LogP contribution in [0.25, 0.3) is 0 Å². The maximum Gasteiger partial charge on any atom is 0.389 e. The van der Waals surface area contributed by atoms with Gasteiger partial charge in [-0.3, -0.25) is 0 Å². The number of aryl methyl sites for hydroxylation is 1. The van der Waals surface area contributed by atoms with Crippen molar-refractivity contribution in [2.24, 2.45) is 0 Å². The monoisotopic (exact) mass is 239 g/mol. The molecule has 86 valence electrons. The first-order chi connectivity index (χ1) is 6.88. The largest absolute Gasteiger partial charge is 0.389 e. The Morgan fingerprint density at radius 1 is 1.53 bits per heavy atom. The van der Waals surface area contributed by atoms with Crippen molar-refractivity contribution in [1.82, 2.24) is 4.98 Å². The van der Waals surface area contributed by atoms with Crippen molar-refractivity contribution in [3.8, 4) is 0 Å². The van der Waals surface area contributed by atoms with E-state index in [-0.39, 0.29) is 12.8 Å². The predicted molar refractivity (Wildman–Crippen MR) is 51.7 cm³/mol. The van der Waals surface area contributed by atoms with Crippen LogP contribution in [-0.2, 0) is 0 Å². The maximum absolute atomic E-state index is 11.8. The van der Waals surface area contributed by atoms with Crippen molar-refractivity contribution in [1.29, 1.82) is 0 Å². The van der Waals surface area contributed by atoms with Crippen LogP contribution in [0.1, 0.15) is 35.3 Å². The molecule has 0 aliphatic rings. The van der Waals surface area contributed by atoms with Gasteiger partial charge in [0.25, 0.3) is 0 Å². The lowest BCUT2D eigenvalue weighted by Gasteiger charge is -2.09.